The zero-order valence-corrected chi connectivity index (χ0v) is 22.6. The molecule has 0 spiro atoms. The fourth-order valence-corrected chi connectivity index (χ4v) is 5.25. The molecule has 0 aromatic carbocycles. The molecule has 196 valence electrons. The van der Waals surface area contributed by atoms with E-state index in [4.69, 9.17) is 9.84 Å². The van der Waals surface area contributed by atoms with E-state index < -0.39 is 19.6 Å². The lowest BCUT2D eigenvalue weighted by Crippen LogP contribution is -2.63. The lowest BCUT2D eigenvalue weighted by Gasteiger charge is -2.49. The lowest BCUT2D eigenvalue weighted by molar-refractivity contribution is 0.0690. The normalized spacial score (nSPS) is 14.8. The number of rotatable bonds is 10. The minimum absolute atomic E-state index is 0.114. The number of aromatic carboxylic acids is 1. The smallest absolute Gasteiger partial charge is 0.356 e. The van der Waals surface area contributed by atoms with Gasteiger partial charge < -0.3 is 19.3 Å². The van der Waals surface area contributed by atoms with Crippen LogP contribution in [0, 0.1) is 11.3 Å². The van der Waals surface area contributed by atoms with E-state index in [0.717, 1.165) is 34.9 Å². The van der Waals surface area contributed by atoms with Crippen molar-refractivity contribution in [2.24, 2.45) is 0 Å². The zero-order chi connectivity index (χ0) is 26.9. The van der Waals surface area contributed by atoms with Crippen LogP contribution in [0.15, 0.2) is 43.4 Å². The van der Waals surface area contributed by atoms with Gasteiger partial charge in [-0.15, -0.1) is 0 Å². The molecule has 13 heteroatoms. The van der Waals surface area contributed by atoms with E-state index in [0.29, 0.717) is 25.6 Å². The monoisotopic (exact) mass is 531 g/mol. The summed E-state index contributed by atoms with van der Waals surface area (Å²) in [7, 11) is -1.15. The number of aromatic nitrogens is 7. The van der Waals surface area contributed by atoms with Gasteiger partial charge in [-0.05, 0) is 12.1 Å². The Morgan fingerprint density at radius 3 is 2.68 bits per heavy atom. The van der Waals surface area contributed by atoms with Gasteiger partial charge in [-0.3, -0.25) is 4.68 Å². The maximum absolute atomic E-state index is 11.1. The van der Waals surface area contributed by atoms with Gasteiger partial charge in [-0.1, -0.05) is 19.6 Å². The molecule has 1 N–H and O–H groups in total. The van der Waals surface area contributed by atoms with Crippen LogP contribution < -0.4 is 4.90 Å². The molecule has 0 radical (unpaired) electrons. The molecule has 1 saturated heterocycles. The molecule has 4 aromatic heterocycles. The Hall–Kier alpha value is -4.15. The molecule has 1 fully saturated rings. The van der Waals surface area contributed by atoms with E-state index in [1.807, 2.05) is 32.6 Å². The quantitative estimate of drug-likeness (QED) is 0.239. The zero-order valence-electron chi connectivity index (χ0n) is 21.6. The van der Waals surface area contributed by atoms with Crippen molar-refractivity contribution in [3.05, 3.63) is 49.1 Å². The first-order valence-electron chi connectivity index (χ1n) is 12.3. The van der Waals surface area contributed by atoms with Crippen LogP contribution in [0.2, 0.25) is 25.7 Å². The van der Waals surface area contributed by atoms with Crippen LogP contribution in [0.25, 0.3) is 22.3 Å². The van der Waals surface area contributed by atoms with Gasteiger partial charge in [0.25, 0.3) is 0 Å². The molecule has 5 heterocycles. The van der Waals surface area contributed by atoms with Crippen molar-refractivity contribution in [2.75, 3.05) is 24.6 Å². The molecule has 0 saturated carbocycles. The molecule has 1 aliphatic heterocycles. The number of nitriles is 1. The summed E-state index contributed by atoms with van der Waals surface area (Å²) in [5.41, 5.74) is 1.73. The average Bonchev–Trinajstić information content (AvgIpc) is 3.51. The Morgan fingerprint density at radius 1 is 1.18 bits per heavy atom. The first kappa shape index (κ1) is 25.5. The fraction of sp³-hybridized carbons (Fsp3) is 0.400. The Morgan fingerprint density at radius 2 is 2.00 bits per heavy atom. The van der Waals surface area contributed by atoms with E-state index in [1.54, 1.807) is 12.5 Å². The number of hydrogen-bond donors (Lipinski definition) is 1. The SMILES string of the molecule is C[Si](C)(C)CCOCn1ccc2c(-c3cnn(C4(CC#N)CN(c5cnc(C(=O)O)cn5)C4)c3)ncnc21. The van der Waals surface area contributed by atoms with Gasteiger partial charge in [-0.25, -0.2) is 24.7 Å². The van der Waals surface area contributed by atoms with Crippen LogP contribution in [0.4, 0.5) is 5.82 Å². The van der Waals surface area contributed by atoms with Crippen LogP contribution in [0.5, 0.6) is 0 Å². The Labute approximate surface area is 220 Å². The molecular weight excluding hydrogens is 502 g/mol. The maximum Gasteiger partial charge on any atom is 0.356 e. The largest absolute Gasteiger partial charge is 0.476 e. The van der Waals surface area contributed by atoms with Crippen molar-refractivity contribution < 1.29 is 14.6 Å². The predicted octanol–water partition coefficient (Wildman–Crippen LogP) is 3.22. The van der Waals surface area contributed by atoms with E-state index >= 15 is 0 Å². The summed E-state index contributed by atoms with van der Waals surface area (Å²) in [6, 6.07) is 5.37. The van der Waals surface area contributed by atoms with Gasteiger partial charge in [0.2, 0.25) is 0 Å². The molecule has 1 aliphatic rings. The number of anilines is 1. The summed E-state index contributed by atoms with van der Waals surface area (Å²) in [6.07, 6.45) is 10.1. The van der Waals surface area contributed by atoms with Crippen molar-refractivity contribution in [1.82, 2.24) is 34.3 Å². The number of hydrogen-bond acceptors (Lipinski definition) is 9. The Bertz CT molecular complexity index is 1500. The summed E-state index contributed by atoms with van der Waals surface area (Å²) in [6.45, 7) is 9.13. The van der Waals surface area contributed by atoms with Gasteiger partial charge in [0.15, 0.2) is 5.69 Å². The van der Waals surface area contributed by atoms with Crippen LogP contribution in [0.3, 0.4) is 0 Å². The second kappa shape index (κ2) is 9.96. The molecule has 12 nitrogen and oxygen atoms in total. The van der Waals surface area contributed by atoms with Gasteiger partial charge in [0.1, 0.15) is 30.1 Å². The van der Waals surface area contributed by atoms with Crippen molar-refractivity contribution in [1.29, 1.82) is 5.26 Å². The first-order chi connectivity index (χ1) is 18.2. The summed E-state index contributed by atoms with van der Waals surface area (Å²) < 4.78 is 9.72. The van der Waals surface area contributed by atoms with Crippen LogP contribution >= 0.6 is 0 Å². The van der Waals surface area contributed by atoms with Crippen LogP contribution in [-0.2, 0) is 17.0 Å². The van der Waals surface area contributed by atoms with E-state index in [-0.39, 0.29) is 12.1 Å². The Kier molecular flexibility index (Phi) is 6.68. The molecular formula is C25H29N9O3Si. The van der Waals surface area contributed by atoms with Crippen molar-refractivity contribution in [3.63, 3.8) is 0 Å². The minimum atomic E-state index is -1.15. The number of carboxylic acid groups (broad SMARTS) is 1. The fourth-order valence-electron chi connectivity index (χ4n) is 4.49. The molecule has 0 bridgehead atoms. The number of carbonyl (C=O) groups is 1. The van der Waals surface area contributed by atoms with Crippen molar-refractivity contribution in [3.8, 4) is 17.3 Å². The minimum Gasteiger partial charge on any atom is -0.476 e. The standard InChI is InChI=1S/C25H29N9O3Si/c1-38(2,3)9-8-37-17-32-7-4-19-22(29-16-30-23(19)32)18-10-31-34(13-18)25(5-6-26)14-33(15-25)21-12-27-20(11-28-21)24(35)36/h4,7,10-13,16H,5,8-9,14-15,17H2,1-3H3,(H,35,36). The highest BCUT2D eigenvalue weighted by Gasteiger charge is 2.46. The molecule has 0 atom stereocenters. The van der Waals surface area contributed by atoms with Crippen LogP contribution in [-0.4, -0.2) is 73.1 Å². The van der Waals surface area contributed by atoms with Crippen LogP contribution in [0.1, 0.15) is 16.9 Å². The third-order valence-corrected chi connectivity index (χ3v) is 8.39. The molecule has 38 heavy (non-hydrogen) atoms. The lowest BCUT2D eigenvalue weighted by atomic mass is 9.87. The Balaban J connectivity index is 1.33. The van der Waals surface area contributed by atoms with Crippen molar-refractivity contribution >= 4 is 30.9 Å². The maximum atomic E-state index is 11.1. The molecule has 0 amide bonds. The van der Waals surface area contributed by atoms with Gasteiger partial charge >= 0.3 is 5.97 Å². The predicted molar refractivity (Wildman–Crippen MR) is 142 cm³/mol. The number of nitrogens with zero attached hydrogens (tertiary/aromatic N) is 9. The second-order valence-corrected chi connectivity index (χ2v) is 16.4. The summed E-state index contributed by atoms with van der Waals surface area (Å²) in [4.78, 5) is 30.2. The highest BCUT2D eigenvalue weighted by Crippen LogP contribution is 2.36. The third kappa shape index (κ3) is 5.00. The van der Waals surface area contributed by atoms with Gasteiger partial charge in [0, 0.05) is 51.1 Å². The number of carboxylic acids is 1. The average molecular weight is 532 g/mol. The number of fused-ring (bicyclic) bond motifs is 1. The second-order valence-electron chi connectivity index (χ2n) is 10.7. The first-order valence-corrected chi connectivity index (χ1v) is 16.0. The highest BCUT2D eigenvalue weighted by molar-refractivity contribution is 6.76. The summed E-state index contributed by atoms with van der Waals surface area (Å²) in [5, 5.41) is 24.1. The van der Waals surface area contributed by atoms with E-state index in [2.05, 4.69) is 50.7 Å². The molecule has 4 aromatic rings. The third-order valence-electron chi connectivity index (χ3n) is 6.68. The van der Waals surface area contributed by atoms with E-state index in [9.17, 15) is 10.1 Å². The van der Waals surface area contributed by atoms with Gasteiger partial charge in [0.05, 0.1) is 36.8 Å². The molecule has 0 aliphatic carbocycles. The summed E-state index contributed by atoms with van der Waals surface area (Å²) in [5.74, 6) is -0.568. The summed E-state index contributed by atoms with van der Waals surface area (Å²) >= 11 is 0. The van der Waals surface area contributed by atoms with E-state index in [1.165, 1.54) is 12.4 Å². The van der Waals surface area contributed by atoms with Crippen molar-refractivity contribution in [2.45, 2.75) is 44.4 Å². The van der Waals surface area contributed by atoms with Gasteiger partial charge in [-0.2, -0.15) is 10.4 Å². The molecule has 0 unspecified atom stereocenters. The highest BCUT2D eigenvalue weighted by atomic mass is 28.3. The topological polar surface area (TPSA) is 148 Å². The molecule has 5 rings (SSSR count). The number of ether oxygens (including phenoxy) is 1.